The van der Waals surface area contributed by atoms with Crippen LogP contribution in [0.5, 0.6) is 11.5 Å². The maximum Gasteiger partial charge on any atom is 0.119 e. The van der Waals surface area contributed by atoms with Crippen LogP contribution >= 0.6 is 0 Å². The molecule has 0 aromatic heterocycles. The molecule has 2 saturated heterocycles. The lowest BCUT2D eigenvalue weighted by Gasteiger charge is -2.26. The zero-order chi connectivity index (χ0) is 25.6. The summed E-state index contributed by atoms with van der Waals surface area (Å²) in [4.78, 5) is 4.89. The van der Waals surface area contributed by atoms with Gasteiger partial charge in [-0.2, -0.15) is 0 Å². The summed E-state index contributed by atoms with van der Waals surface area (Å²) >= 11 is 0. The molecule has 0 spiro atoms. The molecule has 5 nitrogen and oxygen atoms in total. The highest BCUT2D eigenvalue weighted by Gasteiger charge is 2.10. The normalized spacial score (nSPS) is 16.6. The average molecular weight is 513 g/mol. The van der Waals surface area contributed by atoms with Gasteiger partial charge in [-0.3, -0.25) is 9.80 Å². The van der Waals surface area contributed by atoms with Crippen molar-refractivity contribution in [3.05, 3.63) is 59.7 Å². The number of rotatable bonds is 10. The van der Waals surface area contributed by atoms with Crippen LogP contribution in [0.3, 0.4) is 0 Å². The van der Waals surface area contributed by atoms with Crippen molar-refractivity contribution in [1.29, 1.82) is 0 Å². The van der Waals surface area contributed by atoms with E-state index in [1.54, 1.807) is 0 Å². The average Bonchev–Trinajstić information content (AvgIpc) is 2.91. The van der Waals surface area contributed by atoms with Gasteiger partial charge in [0.1, 0.15) is 24.7 Å². The number of hydrogen-bond donors (Lipinski definition) is 0. The number of nitrogens with zero attached hydrogens (tertiary/aromatic N) is 2. The summed E-state index contributed by atoms with van der Waals surface area (Å²) in [6.07, 6.45) is 4.10. The van der Waals surface area contributed by atoms with Crippen molar-refractivity contribution in [1.82, 2.24) is 9.80 Å². The van der Waals surface area contributed by atoms with Gasteiger partial charge in [-0.15, -0.1) is 0 Å². The molecule has 2 aromatic carbocycles. The van der Waals surface area contributed by atoms with Crippen LogP contribution in [-0.2, 0) is 4.74 Å². The monoisotopic (exact) mass is 512 g/mol. The van der Waals surface area contributed by atoms with Gasteiger partial charge in [-0.05, 0) is 73.2 Å². The van der Waals surface area contributed by atoms with E-state index in [1.165, 1.54) is 43.5 Å². The quantitative estimate of drug-likeness (QED) is 0.348. The predicted molar refractivity (Wildman–Crippen MR) is 156 cm³/mol. The van der Waals surface area contributed by atoms with Crippen LogP contribution in [-0.4, -0.2) is 75.5 Å². The molecule has 0 amide bonds. The maximum atomic E-state index is 5.86. The summed E-state index contributed by atoms with van der Waals surface area (Å²) in [5.41, 5.74) is 2.71. The van der Waals surface area contributed by atoms with Crippen molar-refractivity contribution in [2.45, 2.75) is 66.2 Å². The summed E-state index contributed by atoms with van der Waals surface area (Å²) in [6.45, 7) is 18.7. The number of piperidine rings is 1. The molecule has 0 unspecified atom stereocenters. The second-order valence-electron chi connectivity index (χ2n) is 10.5. The Morgan fingerprint density at radius 1 is 0.676 bits per heavy atom. The van der Waals surface area contributed by atoms with Crippen LogP contribution in [0.1, 0.15) is 77.3 Å². The summed E-state index contributed by atoms with van der Waals surface area (Å²) in [6, 6.07) is 16.9. The first-order chi connectivity index (χ1) is 17.5. The minimum atomic E-state index is 0. The van der Waals surface area contributed by atoms with Gasteiger partial charge in [-0.25, -0.2) is 0 Å². The number of likely N-dealkylation sites (tertiary alicyclic amines) is 1. The Labute approximate surface area is 227 Å². The van der Waals surface area contributed by atoms with Gasteiger partial charge < -0.3 is 14.2 Å². The fraction of sp³-hybridized carbons (Fsp3) is 0.625. The zero-order valence-corrected chi connectivity index (χ0v) is 23.1. The predicted octanol–water partition coefficient (Wildman–Crippen LogP) is 6.83. The van der Waals surface area contributed by atoms with E-state index in [9.17, 15) is 0 Å². The zero-order valence-electron chi connectivity index (χ0n) is 23.1. The van der Waals surface area contributed by atoms with Crippen LogP contribution in [0.25, 0.3) is 0 Å². The third-order valence-electron chi connectivity index (χ3n) is 6.98. The van der Waals surface area contributed by atoms with E-state index in [4.69, 9.17) is 14.2 Å². The third-order valence-corrected chi connectivity index (χ3v) is 6.98. The molecule has 2 aliphatic heterocycles. The molecule has 0 bridgehead atoms. The number of hydrogen-bond acceptors (Lipinski definition) is 5. The molecular formula is C32H52N2O3. The van der Waals surface area contributed by atoms with E-state index >= 15 is 0 Å². The largest absolute Gasteiger partial charge is 0.492 e. The molecule has 2 heterocycles. The van der Waals surface area contributed by atoms with Crippen LogP contribution in [0.15, 0.2) is 48.5 Å². The van der Waals surface area contributed by atoms with Crippen molar-refractivity contribution in [3.8, 4) is 11.5 Å². The highest BCUT2D eigenvalue weighted by Crippen LogP contribution is 2.20. The number of ether oxygens (including phenoxy) is 3. The first-order valence-corrected chi connectivity index (χ1v) is 14.0. The van der Waals surface area contributed by atoms with E-state index in [2.05, 4.69) is 86.0 Å². The highest BCUT2D eigenvalue weighted by atomic mass is 16.5. The van der Waals surface area contributed by atoms with Crippen LogP contribution in [0.2, 0.25) is 0 Å². The number of morpholine rings is 1. The maximum absolute atomic E-state index is 5.86. The topological polar surface area (TPSA) is 34.2 Å². The fourth-order valence-corrected chi connectivity index (χ4v) is 4.51. The Hall–Kier alpha value is -2.08. The van der Waals surface area contributed by atoms with Crippen LogP contribution in [0.4, 0.5) is 0 Å². The highest BCUT2D eigenvalue weighted by molar-refractivity contribution is 5.30. The van der Waals surface area contributed by atoms with Crippen LogP contribution < -0.4 is 9.47 Å². The van der Waals surface area contributed by atoms with Gasteiger partial charge in [0, 0.05) is 26.2 Å². The van der Waals surface area contributed by atoms with E-state index in [-0.39, 0.29) is 7.43 Å². The van der Waals surface area contributed by atoms with Gasteiger partial charge in [0.05, 0.1) is 13.2 Å². The molecular weight excluding hydrogens is 460 g/mol. The van der Waals surface area contributed by atoms with Gasteiger partial charge in [0.25, 0.3) is 0 Å². The summed E-state index contributed by atoms with van der Waals surface area (Å²) in [7, 11) is 0. The van der Waals surface area contributed by atoms with E-state index < -0.39 is 0 Å². The second-order valence-corrected chi connectivity index (χ2v) is 10.5. The van der Waals surface area contributed by atoms with Crippen molar-refractivity contribution in [3.63, 3.8) is 0 Å². The first kappa shape index (κ1) is 31.1. The number of benzene rings is 2. The Morgan fingerprint density at radius 2 is 1.24 bits per heavy atom. The summed E-state index contributed by atoms with van der Waals surface area (Å²) < 4.78 is 16.9. The minimum Gasteiger partial charge on any atom is -0.492 e. The molecule has 5 heteroatoms. The molecule has 0 N–H and O–H groups in total. The molecule has 2 aromatic rings. The minimum absolute atomic E-state index is 0. The summed E-state index contributed by atoms with van der Waals surface area (Å²) in [5, 5.41) is 0. The Balaban J connectivity index is 0.000000253. The van der Waals surface area contributed by atoms with Gasteiger partial charge >= 0.3 is 0 Å². The fourth-order valence-electron chi connectivity index (χ4n) is 4.51. The Kier molecular flexibility index (Phi) is 14.7. The van der Waals surface area contributed by atoms with Crippen LogP contribution in [0, 0.1) is 0 Å². The second kappa shape index (κ2) is 17.4. The van der Waals surface area contributed by atoms with E-state index in [0.29, 0.717) is 11.8 Å². The molecule has 0 radical (unpaired) electrons. The molecule has 2 fully saturated rings. The van der Waals surface area contributed by atoms with Crippen molar-refractivity contribution >= 4 is 0 Å². The molecule has 37 heavy (non-hydrogen) atoms. The van der Waals surface area contributed by atoms with Crippen molar-refractivity contribution in [2.75, 3.05) is 65.7 Å². The van der Waals surface area contributed by atoms with Gasteiger partial charge in [-0.1, -0.05) is 65.8 Å². The van der Waals surface area contributed by atoms with Crippen molar-refractivity contribution < 1.29 is 14.2 Å². The Bertz CT molecular complexity index is 841. The van der Waals surface area contributed by atoms with Crippen molar-refractivity contribution in [2.24, 2.45) is 0 Å². The Morgan fingerprint density at radius 3 is 1.84 bits per heavy atom. The standard InChI is InChI=1S/C16H25NO.C15H23NO2.CH4/c1-14(2)15-7-6-8-16(13-15)18-12-11-17-9-4-3-5-10-17;1-13(2)14-3-5-15(6-4-14)18-12-9-16-7-10-17-11-8-16;/h6-8,13-14H,3-5,9-12H2,1-2H3;3-6,13H,7-12H2,1-2H3;1H4. The molecule has 208 valence electrons. The smallest absolute Gasteiger partial charge is 0.119 e. The first-order valence-electron chi connectivity index (χ1n) is 14.0. The molecule has 0 aliphatic carbocycles. The van der Waals surface area contributed by atoms with Gasteiger partial charge in [0.15, 0.2) is 0 Å². The molecule has 4 rings (SSSR count). The third kappa shape index (κ3) is 11.9. The molecule has 2 aliphatic rings. The lowest BCUT2D eigenvalue weighted by atomic mass is 10.0. The molecule has 0 atom stereocenters. The lowest BCUT2D eigenvalue weighted by molar-refractivity contribution is 0.0322. The van der Waals surface area contributed by atoms with E-state index in [0.717, 1.165) is 64.1 Å². The van der Waals surface area contributed by atoms with E-state index in [1.807, 2.05) is 0 Å². The molecule has 0 saturated carbocycles. The summed E-state index contributed by atoms with van der Waals surface area (Å²) in [5.74, 6) is 3.12. The van der Waals surface area contributed by atoms with Gasteiger partial charge in [0.2, 0.25) is 0 Å². The lowest BCUT2D eigenvalue weighted by Crippen LogP contribution is -2.38. The SMILES string of the molecule is C.CC(C)c1ccc(OCCN2CCOCC2)cc1.CC(C)c1cccc(OCCN2CCCCC2)c1.